The Bertz CT molecular complexity index is 109. The van der Waals surface area contributed by atoms with Crippen LogP contribution in [0, 0.1) is 5.92 Å². The maximum Gasteiger partial charge on any atom is 0.0937 e. The van der Waals surface area contributed by atoms with E-state index < -0.39 is 0 Å². The Balaban J connectivity index is 2.49. The number of nitrogens with two attached hydrogens (primary N) is 1. The summed E-state index contributed by atoms with van der Waals surface area (Å²) in [5.74, 6) is 0.542. The van der Waals surface area contributed by atoms with Gasteiger partial charge in [0.2, 0.25) is 0 Å². The Morgan fingerprint density at radius 1 is 2.00 bits per heavy atom. The van der Waals surface area contributed by atoms with Gasteiger partial charge in [0, 0.05) is 12.5 Å². The van der Waals surface area contributed by atoms with Crippen LogP contribution in [0.15, 0.2) is 11.8 Å². The SMILES string of the molecule is CC1COC=C1CN. The van der Waals surface area contributed by atoms with Gasteiger partial charge in [-0.2, -0.15) is 0 Å². The highest BCUT2D eigenvalue weighted by atomic mass is 16.5. The van der Waals surface area contributed by atoms with Crippen LogP contribution in [-0.2, 0) is 4.74 Å². The number of hydrogen-bond acceptors (Lipinski definition) is 2. The van der Waals surface area contributed by atoms with Crippen molar-refractivity contribution in [2.24, 2.45) is 11.7 Å². The average Bonchev–Trinajstić information content (AvgIpc) is 2.14. The van der Waals surface area contributed by atoms with Gasteiger partial charge in [-0.25, -0.2) is 0 Å². The van der Waals surface area contributed by atoms with Gasteiger partial charge in [-0.05, 0) is 5.57 Å². The first-order chi connectivity index (χ1) is 3.84. The summed E-state index contributed by atoms with van der Waals surface area (Å²) in [4.78, 5) is 0. The molecule has 0 bridgehead atoms. The molecule has 1 aliphatic rings. The van der Waals surface area contributed by atoms with Gasteiger partial charge in [-0.3, -0.25) is 0 Å². The topological polar surface area (TPSA) is 35.2 Å². The molecule has 0 aromatic carbocycles. The summed E-state index contributed by atoms with van der Waals surface area (Å²) in [6.45, 7) is 3.57. The highest BCUT2D eigenvalue weighted by Crippen LogP contribution is 2.15. The standard InChI is InChI=1S/C6H11NO/c1-5-3-8-4-6(5)2-7/h4-5H,2-3,7H2,1H3. The van der Waals surface area contributed by atoms with Crippen LogP contribution < -0.4 is 5.73 Å². The highest BCUT2D eigenvalue weighted by Gasteiger charge is 2.12. The highest BCUT2D eigenvalue weighted by molar-refractivity contribution is 5.07. The van der Waals surface area contributed by atoms with E-state index in [4.69, 9.17) is 10.5 Å². The molecular formula is C6H11NO. The van der Waals surface area contributed by atoms with Crippen molar-refractivity contribution in [3.8, 4) is 0 Å². The van der Waals surface area contributed by atoms with Crippen LogP contribution in [0.5, 0.6) is 0 Å². The molecule has 0 aromatic rings. The van der Waals surface area contributed by atoms with E-state index in [1.54, 1.807) is 6.26 Å². The Kier molecular flexibility index (Phi) is 1.53. The van der Waals surface area contributed by atoms with E-state index in [1.807, 2.05) is 0 Å². The molecule has 0 radical (unpaired) electrons. The van der Waals surface area contributed by atoms with Crippen LogP contribution in [0.4, 0.5) is 0 Å². The molecule has 0 fully saturated rings. The van der Waals surface area contributed by atoms with Gasteiger partial charge < -0.3 is 10.5 Å². The molecule has 0 saturated heterocycles. The lowest BCUT2D eigenvalue weighted by Gasteiger charge is -2.00. The summed E-state index contributed by atoms with van der Waals surface area (Å²) < 4.78 is 5.02. The van der Waals surface area contributed by atoms with Gasteiger partial charge in [-0.1, -0.05) is 6.92 Å². The first-order valence-corrected chi connectivity index (χ1v) is 2.85. The van der Waals surface area contributed by atoms with Crippen molar-refractivity contribution in [2.45, 2.75) is 6.92 Å². The molecule has 1 aliphatic heterocycles. The summed E-state index contributed by atoms with van der Waals surface area (Å²) in [7, 11) is 0. The fourth-order valence-electron chi connectivity index (χ4n) is 0.772. The number of rotatable bonds is 1. The first kappa shape index (κ1) is 5.63. The zero-order valence-corrected chi connectivity index (χ0v) is 5.05. The third-order valence-corrected chi connectivity index (χ3v) is 1.45. The van der Waals surface area contributed by atoms with E-state index in [1.165, 1.54) is 5.57 Å². The van der Waals surface area contributed by atoms with E-state index in [9.17, 15) is 0 Å². The van der Waals surface area contributed by atoms with Crippen LogP contribution in [0.25, 0.3) is 0 Å². The molecule has 0 aromatic heterocycles. The van der Waals surface area contributed by atoms with Crippen LogP contribution in [0.1, 0.15) is 6.92 Å². The lowest BCUT2D eigenvalue weighted by atomic mass is 10.1. The average molecular weight is 113 g/mol. The fourth-order valence-corrected chi connectivity index (χ4v) is 0.772. The normalized spacial score (nSPS) is 27.2. The van der Waals surface area contributed by atoms with E-state index >= 15 is 0 Å². The van der Waals surface area contributed by atoms with Crippen molar-refractivity contribution >= 4 is 0 Å². The van der Waals surface area contributed by atoms with Crippen molar-refractivity contribution in [1.82, 2.24) is 0 Å². The lowest BCUT2D eigenvalue weighted by molar-refractivity contribution is 0.255. The molecule has 2 N–H and O–H groups in total. The summed E-state index contributed by atoms with van der Waals surface area (Å²) in [6, 6.07) is 0. The monoisotopic (exact) mass is 113 g/mol. The van der Waals surface area contributed by atoms with E-state index in [2.05, 4.69) is 6.92 Å². The van der Waals surface area contributed by atoms with Crippen LogP contribution in [-0.4, -0.2) is 13.2 Å². The Labute approximate surface area is 49.3 Å². The van der Waals surface area contributed by atoms with E-state index in [0.29, 0.717) is 12.5 Å². The molecule has 1 heterocycles. The Morgan fingerprint density at radius 2 is 2.75 bits per heavy atom. The zero-order valence-electron chi connectivity index (χ0n) is 5.05. The molecule has 0 amide bonds. The third-order valence-electron chi connectivity index (χ3n) is 1.45. The van der Waals surface area contributed by atoms with Crippen molar-refractivity contribution < 1.29 is 4.74 Å². The van der Waals surface area contributed by atoms with Crippen LogP contribution >= 0.6 is 0 Å². The maximum absolute atomic E-state index is 5.38. The smallest absolute Gasteiger partial charge is 0.0937 e. The molecule has 0 saturated carbocycles. The van der Waals surface area contributed by atoms with Crippen molar-refractivity contribution in [1.29, 1.82) is 0 Å². The largest absolute Gasteiger partial charge is 0.501 e. The summed E-state index contributed by atoms with van der Waals surface area (Å²) in [6.07, 6.45) is 1.77. The van der Waals surface area contributed by atoms with Gasteiger partial charge in [0.05, 0.1) is 12.9 Å². The van der Waals surface area contributed by atoms with Gasteiger partial charge in [0.1, 0.15) is 0 Å². The van der Waals surface area contributed by atoms with Crippen LogP contribution in [0.3, 0.4) is 0 Å². The second-order valence-corrected chi connectivity index (χ2v) is 2.13. The second-order valence-electron chi connectivity index (χ2n) is 2.13. The number of hydrogen-bond donors (Lipinski definition) is 1. The van der Waals surface area contributed by atoms with Crippen molar-refractivity contribution in [3.05, 3.63) is 11.8 Å². The second kappa shape index (κ2) is 2.18. The summed E-state index contributed by atoms with van der Waals surface area (Å²) in [5.41, 5.74) is 6.60. The lowest BCUT2D eigenvalue weighted by Crippen LogP contribution is -2.08. The molecule has 1 unspecified atom stereocenters. The summed E-state index contributed by atoms with van der Waals surface area (Å²) >= 11 is 0. The molecule has 1 atom stereocenters. The minimum Gasteiger partial charge on any atom is -0.501 e. The Morgan fingerprint density at radius 3 is 3.00 bits per heavy atom. The van der Waals surface area contributed by atoms with Gasteiger partial charge in [0.25, 0.3) is 0 Å². The van der Waals surface area contributed by atoms with E-state index in [-0.39, 0.29) is 0 Å². The molecule has 0 aliphatic carbocycles. The van der Waals surface area contributed by atoms with Gasteiger partial charge >= 0.3 is 0 Å². The van der Waals surface area contributed by atoms with Crippen molar-refractivity contribution in [2.75, 3.05) is 13.2 Å². The van der Waals surface area contributed by atoms with Gasteiger partial charge in [0.15, 0.2) is 0 Å². The Hall–Kier alpha value is -0.500. The fraction of sp³-hybridized carbons (Fsp3) is 0.667. The number of ether oxygens (including phenoxy) is 1. The minimum atomic E-state index is 0.542. The molecule has 1 rings (SSSR count). The molecule has 2 heteroatoms. The molecule has 0 spiro atoms. The molecule has 2 nitrogen and oxygen atoms in total. The van der Waals surface area contributed by atoms with Crippen molar-refractivity contribution in [3.63, 3.8) is 0 Å². The molecule has 46 valence electrons. The predicted molar refractivity (Wildman–Crippen MR) is 32.3 cm³/mol. The zero-order chi connectivity index (χ0) is 5.98. The van der Waals surface area contributed by atoms with Crippen LogP contribution in [0.2, 0.25) is 0 Å². The maximum atomic E-state index is 5.38. The molecular weight excluding hydrogens is 102 g/mol. The summed E-state index contributed by atoms with van der Waals surface area (Å²) in [5, 5.41) is 0. The van der Waals surface area contributed by atoms with E-state index in [0.717, 1.165) is 6.61 Å². The quantitative estimate of drug-likeness (QED) is 0.537. The molecule has 8 heavy (non-hydrogen) atoms. The third kappa shape index (κ3) is 0.842. The first-order valence-electron chi connectivity index (χ1n) is 2.85. The predicted octanol–water partition coefficient (Wildman–Crippen LogP) is 0.495. The van der Waals surface area contributed by atoms with Gasteiger partial charge in [-0.15, -0.1) is 0 Å². The minimum absolute atomic E-state index is 0.542.